The molecule has 0 spiro atoms. The molecule has 0 saturated carbocycles. The van der Waals surface area contributed by atoms with Crippen molar-refractivity contribution >= 4 is 5.57 Å². The molecule has 3 nitrogen and oxygen atoms in total. The van der Waals surface area contributed by atoms with E-state index in [0.29, 0.717) is 24.7 Å². The maximum absolute atomic E-state index is 11.3. The minimum atomic E-state index is -0.713. The molecular formula is C21H28O3. The Morgan fingerprint density at radius 2 is 1.88 bits per heavy atom. The second-order valence-corrected chi connectivity index (χ2v) is 7.21. The summed E-state index contributed by atoms with van der Waals surface area (Å²) in [6.07, 6.45) is 5.53. The predicted octanol–water partition coefficient (Wildman–Crippen LogP) is 4.49. The van der Waals surface area contributed by atoms with E-state index in [9.17, 15) is 10.2 Å². The summed E-state index contributed by atoms with van der Waals surface area (Å²) >= 11 is 0. The Morgan fingerprint density at radius 3 is 2.46 bits per heavy atom. The summed E-state index contributed by atoms with van der Waals surface area (Å²) < 4.78 is 5.43. The smallest absolute Gasteiger partial charge is 0.121 e. The van der Waals surface area contributed by atoms with Crippen LogP contribution in [0.25, 0.3) is 5.57 Å². The highest BCUT2D eigenvalue weighted by atomic mass is 16.5. The predicted molar refractivity (Wildman–Crippen MR) is 96.6 cm³/mol. The minimum Gasteiger partial charge on any atom is -0.508 e. The van der Waals surface area contributed by atoms with Gasteiger partial charge in [-0.2, -0.15) is 0 Å². The van der Waals surface area contributed by atoms with Crippen molar-refractivity contribution in [2.45, 2.75) is 45.6 Å². The zero-order valence-electron chi connectivity index (χ0n) is 14.7. The maximum Gasteiger partial charge on any atom is 0.121 e. The summed E-state index contributed by atoms with van der Waals surface area (Å²) in [7, 11) is 0. The molecular weight excluding hydrogens is 300 g/mol. The molecule has 2 unspecified atom stereocenters. The van der Waals surface area contributed by atoms with E-state index in [2.05, 4.69) is 13.8 Å². The van der Waals surface area contributed by atoms with Gasteiger partial charge in [0.1, 0.15) is 5.76 Å². The molecule has 2 N–H and O–H groups in total. The Hall–Kier alpha value is -1.58. The van der Waals surface area contributed by atoms with Crippen LogP contribution in [0.3, 0.4) is 0 Å². The van der Waals surface area contributed by atoms with Crippen LogP contribution in [0.2, 0.25) is 0 Å². The molecule has 0 bridgehead atoms. The molecule has 1 aromatic rings. The number of hydrogen-bond acceptors (Lipinski definition) is 3. The van der Waals surface area contributed by atoms with Crippen molar-refractivity contribution in [3.8, 4) is 0 Å². The van der Waals surface area contributed by atoms with E-state index in [-0.39, 0.29) is 11.2 Å². The van der Waals surface area contributed by atoms with Gasteiger partial charge in [0.15, 0.2) is 0 Å². The molecule has 1 saturated heterocycles. The maximum atomic E-state index is 11.3. The number of rotatable bonds is 6. The fraction of sp³-hybridized carbons (Fsp3) is 0.524. The molecule has 0 radical (unpaired) electrons. The highest BCUT2D eigenvalue weighted by Gasteiger charge is 2.50. The number of unbranched alkanes of at least 4 members (excludes halogenated alkanes) is 2. The van der Waals surface area contributed by atoms with Crippen LogP contribution in [0, 0.1) is 11.3 Å². The Morgan fingerprint density at radius 1 is 1.17 bits per heavy atom. The van der Waals surface area contributed by atoms with Crippen LogP contribution >= 0.6 is 0 Å². The van der Waals surface area contributed by atoms with Gasteiger partial charge >= 0.3 is 0 Å². The fourth-order valence-electron chi connectivity index (χ4n) is 3.91. The summed E-state index contributed by atoms with van der Waals surface area (Å²) in [6.45, 7) is 5.69. The van der Waals surface area contributed by atoms with Crippen molar-refractivity contribution < 1.29 is 14.9 Å². The van der Waals surface area contributed by atoms with E-state index in [1.807, 2.05) is 36.4 Å². The molecule has 0 amide bonds. The van der Waals surface area contributed by atoms with Gasteiger partial charge in [0.05, 0.1) is 19.3 Å². The molecule has 2 aliphatic rings. The average Bonchev–Trinajstić information content (AvgIpc) is 2.52. The SMILES string of the molecule is CCCCCC1=CC(O)=C(c2ccccc2)C(O)C1(C)C1COC1. The van der Waals surface area contributed by atoms with Crippen LogP contribution in [0.5, 0.6) is 0 Å². The van der Waals surface area contributed by atoms with Gasteiger partial charge in [0.2, 0.25) is 0 Å². The van der Waals surface area contributed by atoms with Gasteiger partial charge in [-0.25, -0.2) is 0 Å². The number of hydrogen-bond donors (Lipinski definition) is 2. The molecule has 1 aliphatic carbocycles. The van der Waals surface area contributed by atoms with Gasteiger partial charge in [0.25, 0.3) is 0 Å². The van der Waals surface area contributed by atoms with E-state index < -0.39 is 6.10 Å². The topological polar surface area (TPSA) is 49.7 Å². The molecule has 3 heteroatoms. The largest absolute Gasteiger partial charge is 0.508 e. The standard InChI is InChI=1S/C21H28O3/c1-3-4-6-11-16-12-18(22)19(15-9-7-5-8-10-15)20(23)21(16,2)17-13-24-14-17/h5,7-10,12,17,20,22-23H,3-4,6,11,13-14H2,1-2H3. The highest BCUT2D eigenvalue weighted by molar-refractivity contribution is 5.75. The monoisotopic (exact) mass is 328 g/mol. The Kier molecular flexibility index (Phi) is 5.12. The summed E-state index contributed by atoms with van der Waals surface area (Å²) in [5, 5.41) is 21.9. The first kappa shape index (κ1) is 17.2. The third kappa shape index (κ3) is 2.91. The van der Waals surface area contributed by atoms with Gasteiger partial charge in [-0.1, -0.05) is 62.6 Å². The van der Waals surface area contributed by atoms with Crippen molar-refractivity contribution in [3.63, 3.8) is 0 Å². The fourth-order valence-corrected chi connectivity index (χ4v) is 3.91. The van der Waals surface area contributed by atoms with Crippen molar-refractivity contribution in [1.82, 2.24) is 0 Å². The molecule has 1 aromatic carbocycles. The molecule has 2 atom stereocenters. The lowest BCUT2D eigenvalue weighted by molar-refractivity contribution is -0.109. The molecule has 0 aromatic heterocycles. The van der Waals surface area contributed by atoms with Crippen LogP contribution in [-0.4, -0.2) is 29.5 Å². The third-order valence-electron chi connectivity index (χ3n) is 5.74. The van der Waals surface area contributed by atoms with Gasteiger partial charge in [-0.05, 0) is 24.5 Å². The quantitative estimate of drug-likeness (QED) is 0.757. The Bertz CT molecular complexity index is 628. The lowest BCUT2D eigenvalue weighted by atomic mass is 9.61. The van der Waals surface area contributed by atoms with Gasteiger partial charge < -0.3 is 14.9 Å². The van der Waals surface area contributed by atoms with E-state index in [0.717, 1.165) is 30.4 Å². The minimum absolute atomic E-state index is 0.206. The average molecular weight is 328 g/mol. The highest BCUT2D eigenvalue weighted by Crippen LogP contribution is 2.51. The molecule has 3 rings (SSSR count). The zero-order valence-corrected chi connectivity index (χ0v) is 14.7. The number of benzene rings is 1. The van der Waals surface area contributed by atoms with Gasteiger partial charge in [-0.15, -0.1) is 0 Å². The molecule has 1 heterocycles. The van der Waals surface area contributed by atoms with Gasteiger partial charge in [0, 0.05) is 16.9 Å². The van der Waals surface area contributed by atoms with E-state index in [1.165, 1.54) is 6.42 Å². The second-order valence-electron chi connectivity index (χ2n) is 7.21. The summed E-state index contributed by atoms with van der Waals surface area (Å²) in [5.41, 5.74) is 2.32. The van der Waals surface area contributed by atoms with E-state index >= 15 is 0 Å². The summed E-state index contributed by atoms with van der Waals surface area (Å²) in [4.78, 5) is 0. The first-order valence-corrected chi connectivity index (χ1v) is 9.04. The molecule has 1 aliphatic heterocycles. The number of allylic oxidation sites excluding steroid dienone is 1. The van der Waals surface area contributed by atoms with Crippen LogP contribution in [0.4, 0.5) is 0 Å². The van der Waals surface area contributed by atoms with E-state index in [1.54, 1.807) is 0 Å². The van der Waals surface area contributed by atoms with Gasteiger partial charge in [-0.3, -0.25) is 0 Å². The Labute approximate surface area is 144 Å². The Balaban J connectivity index is 2.00. The zero-order chi connectivity index (χ0) is 17.2. The summed E-state index contributed by atoms with van der Waals surface area (Å²) in [6, 6.07) is 9.71. The van der Waals surface area contributed by atoms with E-state index in [4.69, 9.17) is 4.74 Å². The van der Waals surface area contributed by atoms with Crippen molar-refractivity contribution in [2.75, 3.05) is 13.2 Å². The number of ether oxygens (including phenoxy) is 1. The first-order chi connectivity index (χ1) is 11.6. The lowest BCUT2D eigenvalue weighted by Crippen LogP contribution is -2.51. The number of aliphatic hydroxyl groups is 2. The van der Waals surface area contributed by atoms with Crippen LogP contribution in [-0.2, 0) is 4.74 Å². The van der Waals surface area contributed by atoms with Crippen LogP contribution < -0.4 is 0 Å². The second kappa shape index (κ2) is 7.12. The normalized spacial score (nSPS) is 27.8. The van der Waals surface area contributed by atoms with Crippen molar-refractivity contribution in [2.24, 2.45) is 11.3 Å². The van der Waals surface area contributed by atoms with Crippen LogP contribution in [0.15, 0.2) is 47.7 Å². The summed E-state index contributed by atoms with van der Waals surface area (Å²) in [5.74, 6) is 0.505. The lowest BCUT2D eigenvalue weighted by Gasteiger charge is -2.49. The molecule has 1 fully saturated rings. The van der Waals surface area contributed by atoms with Crippen molar-refractivity contribution in [3.05, 3.63) is 53.3 Å². The third-order valence-corrected chi connectivity index (χ3v) is 5.74. The van der Waals surface area contributed by atoms with Crippen molar-refractivity contribution in [1.29, 1.82) is 0 Å². The molecule has 130 valence electrons. The first-order valence-electron chi connectivity index (χ1n) is 9.04. The molecule has 24 heavy (non-hydrogen) atoms. The van der Waals surface area contributed by atoms with Crippen LogP contribution in [0.1, 0.15) is 45.1 Å². The number of aliphatic hydroxyl groups excluding tert-OH is 2.